The number of piperidine rings is 1. The highest BCUT2D eigenvalue weighted by molar-refractivity contribution is 7.88. The van der Waals surface area contributed by atoms with Crippen molar-refractivity contribution in [1.29, 1.82) is 0 Å². The molecule has 4 heterocycles. The Hall–Kier alpha value is -3.31. The summed E-state index contributed by atoms with van der Waals surface area (Å²) in [5.41, 5.74) is 4.03. The van der Waals surface area contributed by atoms with Crippen LogP contribution >= 0.6 is 0 Å². The third-order valence-electron chi connectivity index (χ3n) is 5.66. The van der Waals surface area contributed by atoms with Gasteiger partial charge < -0.3 is 5.32 Å². The molecule has 0 bridgehead atoms. The molecule has 0 spiro atoms. The first-order chi connectivity index (χ1) is 15.4. The molecule has 1 saturated heterocycles. The van der Waals surface area contributed by atoms with Crippen LogP contribution < -0.4 is 5.32 Å². The van der Waals surface area contributed by atoms with E-state index in [0.29, 0.717) is 37.5 Å². The highest BCUT2D eigenvalue weighted by Gasteiger charge is 2.25. The number of nitrogens with one attached hydrogen (secondary N) is 2. The van der Waals surface area contributed by atoms with E-state index in [4.69, 9.17) is 0 Å². The molecule has 11 heteroatoms. The van der Waals surface area contributed by atoms with Gasteiger partial charge in [-0.1, -0.05) is 0 Å². The predicted molar refractivity (Wildman–Crippen MR) is 119 cm³/mol. The van der Waals surface area contributed by atoms with Crippen molar-refractivity contribution in [2.75, 3.05) is 24.7 Å². The lowest BCUT2D eigenvalue weighted by molar-refractivity contribution is 0.331. The van der Waals surface area contributed by atoms with Crippen LogP contribution in [-0.4, -0.2) is 62.9 Å². The molecule has 3 aromatic heterocycles. The van der Waals surface area contributed by atoms with E-state index in [1.807, 2.05) is 12.1 Å². The summed E-state index contributed by atoms with van der Waals surface area (Å²) in [6.07, 6.45) is 6.11. The average molecular weight is 456 g/mol. The highest BCUT2D eigenvalue weighted by Crippen LogP contribution is 2.28. The van der Waals surface area contributed by atoms with E-state index >= 15 is 0 Å². The third kappa shape index (κ3) is 4.08. The standard InChI is InChI=1S/C21H22FN7O2S/c1-32(30,31)28-8-6-18(7-9-28)25-21-26-20-11-15(16-12-23-24-13-16)10-19(29(20)27-21)14-2-4-17(22)5-3-14/h2-5,10-13,18H,6-9H2,1H3,(H,23,24)(H,25,27). The molecule has 166 valence electrons. The number of benzene rings is 1. The Morgan fingerprint density at radius 2 is 1.84 bits per heavy atom. The number of halogens is 1. The van der Waals surface area contributed by atoms with Gasteiger partial charge in [0.2, 0.25) is 16.0 Å². The minimum absolute atomic E-state index is 0.0769. The monoisotopic (exact) mass is 455 g/mol. The van der Waals surface area contributed by atoms with Gasteiger partial charge in [0.15, 0.2) is 5.65 Å². The van der Waals surface area contributed by atoms with Crippen LogP contribution in [0.1, 0.15) is 12.8 Å². The largest absolute Gasteiger partial charge is 0.350 e. The summed E-state index contributed by atoms with van der Waals surface area (Å²) in [6, 6.07) is 10.2. The molecular weight excluding hydrogens is 433 g/mol. The first-order valence-electron chi connectivity index (χ1n) is 10.2. The van der Waals surface area contributed by atoms with E-state index in [1.165, 1.54) is 22.7 Å². The molecule has 1 fully saturated rings. The maximum atomic E-state index is 13.5. The summed E-state index contributed by atoms with van der Waals surface area (Å²) >= 11 is 0. The summed E-state index contributed by atoms with van der Waals surface area (Å²) in [4.78, 5) is 4.65. The third-order valence-corrected chi connectivity index (χ3v) is 6.97. The van der Waals surface area contributed by atoms with Gasteiger partial charge in [-0.25, -0.2) is 21.6 Å². The minimum Gasteiger partial charge on any atom is -0.350 e. The van der Waals surface area contributed by atoms with Crippen LogP contribution in [0.5, 0.6) is 0 Å². The molecule has 0 atom stereocenters. The van der Waals surface area contributed by atoms with E-state index in [1.54, 1.807) is 29.0 Å². The van der Waals surface area contributed by atoms with Gasteiger partial charge in [-0.15, -0.1) is 5.10 Å². The number of hydrogen-bond acceptors (Lipinski definition) is 6. The van der Waals surface area contributed by atoms with Crippen LogP contribution in [0.4, 0.5) is 10.3 Å². The van der Waals surface area contributed by atoms with Crippen molar-refractivity contribution in [2.45, 2.75) is 18.9 Å². The topological polar surface area (TPSA) is 108 Å². The molecule has 9 nitrogen and oxygen atoms in total. The quantitative estimate of drug-likeness (QED) is 0.479. The zero-order valence-corrected chi connectivity index (χ0v) is 18.2. The van der Waals surface area contributed by atoms with Gasteiger partial charge in [0.05, 0.1) is 18.1 Å². The van der Waals surface area contributed by atoms with E-state index in [9.17, 15) is 12.8 Å². The SMILES string of the molecule is CS(=O)(=O)N1CCC(Nc2nc3cc(-c4cn[nH]c4)cc(-c4ccc(F)cc4)n3n2)CC1. The first kappa shape index (κ1) is 20.6. The van der Waals surface area contributed by atoms with Crippen molar-refractivity contribution >= 4 is 21.6 Å². The lowest BCUT2D eigenvalue weighted by Gasteiger charge is -2.30. The summed E-state index contributed by atoms with van der Waals surface area (Å²) in [5, 5.41) is 14.8. The average Bonchev–Trinajstić information content (AvgIpc) is 3.43. The maximum Gasteiger partial charge on any atom is 0.243 e. The van der Waals surface area contributed by atoms with Crippen LogP contribution in [0.2, 0.25) is 0 Å². The van der Waals surface area contributed by atoms with Gasteiger partial charge in [0.25, 0.3) is 0 Å². The molecule has 0 radical (unpaired) electrons. The van der Waals surface area contributed by atoms with Crippen molar-refractivity contribution in [1.82, 2.24) is 29.1 Å². The van der Waals surface area contributed by atoms with E-state index in [0.717, 1.165) is 22.4 Å². The van der Waals surface area contributed by atoms with Crippen LogP contribution in [0, 0.1) is 5.82 Å². The maximum absolute atomic E-state index is 13.5. The lowest BCUT2D eigenvalue weighted by Crippen LogP contribution is -2.41. The summed E-state index contributed by atoms with van der Waals surface area (Å²) < 4.78 is 40.2. The summed E-state index contributed by atoms with van der Waals surface area (Å²) in [7, 11) is -3.17. The van der Waals surface area contributed by atoms with Crippen LogP contribution in [0.3, 0.4) is 0 Å². The van der Waals surface area contributed by atoms with Crippen molar-refractivity contribution in [2.24, 2.45) is 0 Å². The van der Waals surface area contributed by atoms with Crippen LogP contribution in [0.25, 0.3) is 28.0 Å². The number of anilines is 1. The zero-order valence-electron chi connectivity index (χ0n) is 17.4. The fraction of sp³-hybridized carbons (Fsp3) is 0.286. The predicted octanol–water partition coefficient (Wildman–Crippen LogP) is 2.76. The Morgan fingerprint density at radius 3 is 2.50 bits per heavy atom. The highest BCUT2D eigenvalue weighted by atomic mass is 32.2. The smallest absolute Gasteiger partial charge is 0.243 e. The molecule has 1 aliphatic rings. The number of rotatable bonds is 5. The van der Waals surface area contributed by atoms with E-state index in [-0.39, 0.29) is 11.9 Å². The first-order valence-corrected chi connectivity index (χ1v) is 12.1. The Bertz CT molecular complexity index is 1340. The van der Waals surface area contributed by atoms with Gasteiger partial charge >= 0.3 is 0 Å². The van der Waals surface area contributed by atoms with Gasteiger partial charge in [-0.2, -0.15) is 10.1 Å². The second kappa shape index (κ2) is 7.99. The van der Waals surface area contributed by atoms with E-state index in [2.05, 4.69) is 25.6 Å². The van der Waals surface area contributed by atoms with Gasteiger partial charge in [0.1, 0.15) is 5.82 Å². The molecular formula is C21H22FN7O2S. The summed E-state index contributed by atoms with van der Waals surface area (Å²) in [6.45, 7) is 0.935. The Morgan fingerprint density at radius 1 is 1.09 bits per heavy atom. The number of hydrogen-bond donors (Lipinski definition) is 2. The van der Waals surface area contributed by atoms with Crippen LogP contribution in [-0.2, 0) is 10.0 Å². The van der Waals surface area contributed by atoms with Crippen LogP contribution in [0.15, 0.2) is 48.8 Å². The number of fused-ring (bicyclic) bond motifs is 1. The number of pyridine rings is 1. The second-order valence-corrected chi connectivity index (χ2v) is 9.89. The van der Waals surface area contributed by atoms with Crippen molar-refractivity contribution in [3.63, 3.8) is 0 Å². The summed E-state index contributed by atoms with van der Waals surface area (Å²) in [5.74, 6) is 0.160. The molecule has 0 saturated carbocycles. The number of sulfonamides is 1. The zero-order chi connectivity index (χ0) is 22.3. The fourth-order valence-corrected chi connectivity index (χ4v) is 4.84. The molecule has 2 N–H and O–H groups in total. The molecule has 0 aliphatic carbocycles. The van der Waals surface area contributed by atoms with Gasteiger partial charge in [-0.05, 0) is 54.8 Å². The Balaban J connectivity index is 1.48. The lowest BCUT2D eigenvalue weighted by atomic mass is 10.1. The number of aromatic nitrogens is 5. The molecule has 1 aliphatic heterocycles. The Labute approximate surface area is 184 Å². The number of nitrogens with zero attached hydrogens (tertiary/aromatic N) is 5. The van der Waals surface area contributed by atoms with Gasteiger partial charge in [0, 0.05) is 36.5 Å². The fourth-order valence-electron chi connectivity index (χ4n) is 3.96. The molecule has 32 heavy (non-hydrogen) atoms. The van der Waals surface area contributed by atoms with Crippen molar-refractivity contribution in [3.8, 4) is 22.4 Å². The molecule has 1 aromatic carbocycles. The minimum atomic E-state index is -3.17. The molecule has 4 aromatic rings. The Kier molecular flexibility index (Phi) is 5.14. The molecule has 0 amide bonds. The van der Waals surface area contributed by atoms with Crippen molar-refractivity contribution in [3.05, 3.63) is 54.6 Å². The van der Waals surface area contributed by atoms with Crippen molar-refractivity contribution < 1.29 is 12.8 Å². The second-order valence-electron chi connectivity index (χ2n) is 7.91. The molecule has 0 unspecified atom stereocenters. The van der Waals surface area contributed by atoms with Gasteiger partial charge in [-0.3, -0.25) is 5.10 Å². The molecule has 5 rings (SSSR count). The number of aromatic amines is 1. The normalized spacial score (nSPS) is 15.9. The number of H-pyrrole nitrogens is 1. The van der Waals surface area contributed by atoms with E-state index < -0.39 is 10.0 Å².